The summed E-state index contributed by atoms with van der Waals surface area (Å²) in [5.74, 6) is 0. The van der Waals surface area contributed by atoms with Gasteiger partial charge in [0, 0.05) is 13.2 Å². The van der Waals surface area contributed by atoms with Gasteiger partial charge in [0.05, 0.1) is 6.10 Å². The highest BCUT2D eigenvalue weighted by Gasteiger charge is 2.50. The third kappa shape index (κ3) is 3.87. The van der Waals surface area contributed by atoms with Gasteiger partial charge in [-0.2, -0.15) is 0 Å². The Kier molecular flexibility index (Phi) is 5.98. The minimum atomic E-state index is -0.452. The minimum absolute atomic E-state index is 0.125. The van der Waals surface area contributed by atoms with Crippen molar-refractivity contribution in [3.8, 4) is 0 Å². The van der Waals surface area contributed by atoms with Crippen molar-refractivity contribution in [2.75, 3.05) is 13.2 Å². The maximum atomic E-state index is 9.79. The molecule has 4 heteroatoms. The normalized spacial score (nSPS) is 25.8. The fraction of sp³-hybridized carbons (Fsp3) is 0.833. The van der Waals surface area contributed by atoms with Crippen molar-refractivity contribution in [1.29, 1.82) is 0 Å². The largest absolute Gasteiger partial charge is 0.390 e. The molecule has 0 aliphatic carbocycles. The maximum Gasteiger partial charge on any atom is 0.186 e. The fourth-order valence-corrected chi connectivity index (χ4v) is 1.68. The van der Waals surface area contributed by atoms with Crippen LogP contribution < -0.4 is 0 Å². The molecule has 94 valence electrons. The lowest BCUT2D eigenvalue weighted by atomic mass is 10.1. The lowest BCUT2D eigenvalue weighted by molar-refractivity contribution is -0.147. The smallest absolute Gasteiger partial charge is 0.186 e. The Balaban J connectivity index is 2.31. The van der Waals surface area contributed by atoms with E-state index >= 15 is 0 Å². The molecule has 1 aliphatic rings. The van der Waals surface area contributed by atoms with Crippen molar-refractivity contribution in [1.82, 2.24) is 0 Å². The van der Waals surface area contributed by atoms with Crippen molar-refractivity contribution < 1.29 is 19.3 Å². The zero-order valence-corrected chi connectivity index (χ0v) is 10.1. The third-order valence-corrected chi connectivity index (χ3v) is 2.54. The van der Waals surface area contributed by atoms with E-state index in [1.807, 2.05) is 13.8 Å². The minimum Gasteiger partial charge on any atom is -0.390 e. The first-order valence-electron chi connectivity index (χ1n) is 5.92. The van der Waals surface area contributed by atoms with E-state index in [0.29, 0.717) is 19.6 Å². The molecule has 0 amide bonds. The highest BCUT2D eigenvalue weighted by molar-refractivity contribution is 4.93. The van der Waals surface area contributed by atoms with E-state index in [2.05, 4.69) is 6.58 Å². The second-order valence-electron chi connectivity index (χ2n) is 3.78. The Morgan fingerprint density at radius 1 is 1.31 bits per heavy atom. The number of allylic oxidation sites excluding steroid dienone is 1. The van der Waals surface area contributed by atoms with E-state index in [1.54, 1.807) is 6.08 Å². The number of hydrogen-bond acceptors (Lipinski definition) is 4. The number of aliphatic hydroxyl groups excluding tert-OH is 1. The van der Waals surface area contributed by atoms with E-state index in [1.165, 1.54) is 0 Å². The van der Waals surface area contributed by atoms with E-state index in [4.69, 9.17) is 14.2 Å². The van der Waals surface area contributed by atoms with Crippen molar-refractivity contribution in [3.05, 3.63) is 12.7 Å². The van der Waals surface area contributed by atoms with Gasteiger partial charge in [-0.1, -0.05) is 6.08 Å². The topological polar surface area (TPSA) is 51.2 Å². The molecule has 1 N–H and O–H groups in total. The van der Waals surface area contributed by atoms with Crippen LogP contribution in [0.3, 0.4) is 0 Å². The van der Waals surface area contributed by atoms with Crippen LogP contribution in [0.25, 0.3) is 0 Å². The lowest BCUT2D eigenvalue weighted by Gasteiger charge is -2.15. The predicted molar refractivity (Wildman–Crippen MR) is 61.1 cm³/mol. The van der Waals surface area contributed by atoms with Gasteiger partial charge >= 0.3 is 0 Å². The quantitative estimate of drug-likeness (QED) is 0.370. The lowest BCUT2D eigenvalue weighted by Crippen LogP contribution is -2.28. The molecule has 0 unspecified atom stereocenters. The molecule has 3 atom stereocenters. The summed E-state index contributed by atoms with van der Waals surface area (Å²) in [4.78, 5) is 0. The standard InChI is InChI=1S/C12H22O4/c1-4-7-8-9(13)10-11(16-10)12(14-5-2)15-6-3/h4,9-13H,1,5-8H2,2-3H3/t9-,10-,11-/m1/s1. The molecule has 0 aromatic carbocycles. The fourth-order valence-electron chi connectivity index (χ4n) is 1.68. The average Bonchev–Trinajstić information content (AvgIpc) is 3.05. The van der Waals surface area contributed by atoms with Crippen LogP contribution in [0, 0.1) is 0 Å². The van der Waals surface area contributed by atoms with Gasteiger partial charge in [0.1, 0.15) is 12.2 Å². The number of aliphatic hydroxyl groups is 1. The monoisotopic (exact) mass is 230 g/mol. The highest BCUT2D eigenvalue weighted by Crippen LogP contribution is 2.32. The van der Waals surface area contributed by atoms with Gasteiger partial charge in [-0.25, -0.2) is 0 Å². The molecule has 1 rings (SSSR count). The van der Waals surface area contributed by atoms with E-state index in [9.17, 15) is 5.11 Å². The van der Waals surface area contributed by atoms with Gasteiger partial charge in [0.25, 0.3) is 0 Å². The summed E-state index contributed by atoms with van der Waals surface area (Å²) in [6, 6.07) is 0. The van der Waals surface area contributed by atoms with Crippen molar-refractivity contribution >= 4 is 0 Å². The molecule has 4 nitrogen and oxygen atoms in total. The van der Waals surface area contributed by atoms with Crippen molar-refractivity contribution in [2.45, 2.75) is 51.3 Å². The molecule has 16 heavy (non-hydrogen) atoms. The van der Waals surface area contributed by atoms with Crippen LogP contribution in [0.5, 0.6) is 0 Å². The number of epoxide rings is 1. The van der Waals surface area contributed by atoms with E-state index in [0.717, 1.165) is 6.42 Å². The van der Waals surface area contributed by atoms with Crippen molar-refractivity contribution in [3.63, 3.8) is 0 Å². The summed E-state index contributed by atoms with van der Waals surface area (Å²) in [5, 5.41) is 9.79. The average molecular weight is 230 g/mol. The van der Waals surface area contributed by atoms with E-state index < -0.39 is 6.10 Å². The van der Waals surface area contributed by atoms with Crippen LogP contribution in [-0.2, 0) is 14.2 Å². The van der Waals surface area contributed by atoms with Crippen LogP contribution in [-0.4, -0.2) is 42.9 Å². The molecule has 0 bridgehead atoms. The first-order valence-corrected chi connectivity index (χ1v) is 5.92. The van der Waals surface area contributed by atoms with Crippen molar-refractivity contribution in [2.24, 2.45) is 0 Å². The van der Waals surface area contributed by atoms with Crippen LogP contribution in [0.1, 0.15) is 26.7 Å². The second kappa shape index (κ2) is 7.01. The molecule has 0 aromatic rings. The Bertz CT molecular complexity index is 201. The SMILES string of the molecule is C=CCC[C@@H](O)[C@H]1O[C@H]1C(OCC)OCC. The number of rotatable bonds is 9. The summed E-state index contributed by atoms with van der Waals surface area (Å²) in [7, 11) is 0. The Hall–Kier alpha value is -0.420. The molecule has 0 saturated carbocycles. The summed E-state index contributed by atoms with van der Waals surface area (Å²) in [6.45, 7) is 8.62. The number of hydrogen-bond donors (Lipinski definition) is 1. The molecule has 1 heterocycles. The molecule has 0 radical (unpaired) electrons. The third-order valence-electron chi connectivity index (χ3n) is 2.54. The number of ether oxygens (including phenoxy) is 3. The maximum absolute atomic E-state index is 9.79. The summed E-state index contributed by atoms with van der Waals surface area (Å²) < 4.78 is 16.2. The first kappa shape index (κ1) is 13.6. The highest BCUT2D eigenvalue weighted by atomic mass is 16.7. The molecule has 0 spiro atoms. The van der Waals surface area contributed by atoms with Crippen LogP contribution in [0.4, 0.5) is 0 Å². The molecular weight excluding hydrogens is 208 g/mol. The van der Waals surface area contributed by atoms with Crippen LogP contribution >= 0.6 is 0 Å². The Morgan fingerprint density at radius 3 is 2.44 bits per heavy atom. The summed E-state index contributed by atoms with van der Waals surface area (Å²) in [6.07, 6.45) is 2.19. The second-order valence-corrected chi connectivity index (χ2v) is 3.78. The molecule has 1 aliphatic heterocycles. The van der Waals surface area contributed by atoms with Gasteiger partial charge in [0.15, 0.2) is 6.29 Å². The first-order chi connectivity index (χ1) is 7.74. The van der Waals surface area contributed by atoms with Gasteiger partial charge in [-0.3, -0.25) is 0 Å². The van der Waals surface area contributed by atoms with Crippen LogP contribution in [0.15, 0.2) is 12.7 Å². The Labute approximate surface area is 97.2 Å². The summed E-state index contributed by atoms with van der Waals surface area (Å²) in [5.41, 5.74) is 0. The summed E-state index contributed by atoms with van der Waals surface area (Å²) >= 11 is 0. The van der Waals surface area contributed by atoms with Gasteiger partial charge in [0.2, 0.25) is 0 Å². The van der Waals surface area contributed by atoms with Gasteiger partial charge in [-0.05, 0) is 26.7 Å². The molecule has 1 fully saturated rings. The molecule has 1 saturated heterocycles. The zero-order chi connectivity index (χ0) is 12.0. The molecule has 0 aromatic heterocycles. The predicted octanol–water partition coefficient (Wildman–Crippen LogP) is 1.48. The van der Waals surface area contributed by atoms with Crippen LogP contribution in [0.2, 0.25) is 0 Å². The zero-order valence-electron chi connectivity index (χ0n) is 10.1. The molecular formula is C12H22O4. The van der Waals surface area contributed by atoms with Gasteiger partial charge < -0.3 is 19.3 Å². The van der Waals surface area contributed by atoms with E-state index in [-0.39, 0.29) is 18.5 Å². The Morgan fingerprint density at radius 2 is 1.94 bits per heavy atom. The van der Waals surface area contributed by atoms with Gasteiger partial charge in [-0.15, -0.1) is 6.58 Å².